The number of nitriles is 1. The summed E-state index contributed by atoms with van der Waals surface area (Å²) >= 11 is 3.49. The van der Waals surface area contributed by atoms with Gasteiger partial charge in [0.05, 0.1) is 12.1 Å². The molecule has 0 amide bonds. The lowest BCUT2D eigenvalue weighted by Crippen LogP contribution is -2.49. The minimum atomic E-state index is 0.0275. The number of rotatable bonds is 2. The zero-order valence-corrected chi connectivity index (χ0v) is 11.5. The molecule has 1 aliphatic rings. The molecule has 17 heavy (non-hydrogen) atoms. The second-order valence-corrected chi connectivity index (χ2v) is 5.22. The van der Waals surface area contributed by atoms with E-state index < -0.39 is 0 Å². The molecule has 1 atom stereocenters. The first-order chi connectivity index (χ1) is 8.20. The van der Waals surface area contributed by atoms with E-state index in [1.807, 2.05) is 13.0 Å². The average molecular weight is 294 g/mol. The molecular weight excluding hydrogens is 278 g/mol. The topological polar surface area (TPSA) is 30.3 Å². The van der Waals surface area contributed by atoms with Crippen LogP contribution in [-0.2, 0) is 0 Å². The van der Waals surface area contributed by atoms with Crippen LogP contribution in [0, 0.1) is 11.3 Å². The van der Waals surface area contributed by atoms with Crippen LogP contribution in [0.25, 0.3) is 0 Å². The van der Waals surface area contributed by atoms with Crippen LogP contribution in [0.3, 0.4) is 0 Å². The first kappa shape index (κ1) is 12.4. The molecule has 3 nitrogen and oxygen atoms in total. The van der Waals surface area contributed by atoms with Gasteiger partial charge in [-0.3, -0.25) is 4.90 Å². The Morgan fingerprint density at radius 2 is 2.00 bits per heavy atom. The lowest BCUT2D eigenvalue weighted by molar-refractivity contribution is 0.231. The summed E-state index contributed by atoms with van der Waals surface area (Å²) < 4.78 is 1.11. The average Bonchev–Trinajstić information content (AvgIpc) is 2.38. The number of hydrogen-bond donors (Lipinski definition) is 0. The summed E-state index contributed by atoms with van der Waals surface area (Å²) in [5.74, 6) is 0. The van der Waals surface area contributed by atoms with E-state index in [4.69, 9.17) is 5.26 Å². The van der Waals surface area contributed by atoms with Gasteiger partial charge >= 0.3 is 0 Å². The van der Waals surface area contributed by atoms with Gasteiger partial charge in [0, 0.05) is 36.3 Å². The molecule has 1 aromatic carbocycles. The Hall–Kier alpha value is -1.05. The van der Waals surface area contributed by atoms with Gasteiger partial charge in [0.15, 0.2) is 0 Å². The lowest BCUT2D eigenvalue weighted by atomic mass is 10.2. The van der Waals surface area contributed by atoms with Gasteiger partial charge in [-0.1, -0.05) is 22.0 Å². The molecule has 1 heterocycles. The molecule has 1 unspecified atom stereocenters. The van der Waals surface area contributed by atoms with Crippen LogP contribution in [0.2, 0.25) is 0 Å². The zero-order chi connectivity index (χ0) is 12.3. The Kier molecular flexibility index (Phi) is 4.03. The van der Waals surface area contributed by atoms with Crippen molar-refractivity contribution in [3.8, 4) is 6.07 Å². The predicted octanol–water partition coefficient (Wildman–Crippen LogP) is 2.48. The van der Waals surface area contributed by atoms with E-state index in [2.05, 4.69) is 50.0 Å². The minimum absolute atomic E-state index is 0.0275. The maximum Gasteiger partial charge on any atom is 0.0950 e. The van der Waals surface area contributed by atoms with Gasteiger partial charge in [0.2, 0.25) is 0 Å². The first-order valence-electron chi connectivity index (χ1n) is 5.85. The van der Waals surface area contributed by atoms with E-state index >= 15 is 0 Å². The summed E-state index contributed by atoms with van der Waals surface area (Å²) in [5.41, 5.74) is 1.25. The molecule has 0 spiro atoms. The van der Waals surface area contributed by atoms with E-state index in [1.54, 1.807) is 0 Å². The van der Waals surface area contributed by atoms with Crippen LogP contribution in [0.15, 0.2) is 28.7 Å². The third kappa shape index (κ3) is 2.99. The predicted molar refractivity (Wildman–Crippen MR) is 73.0 cm³/mol. The fourth-order valence-corrected chi connectivity index (χ4v) is 2.51. The SMILES string of the molecule is CC(C#N)N1CCN(c2cccc(Br)c2)CC1. The molecule has 2 rings (SSSR count). The Labute approximate surface area is 111 Å². The number of halogens is 1. The van der Waals surface area contributed by atoms with Crippen molar-refractivity contribution in [2.75, 3.05) is 31.1 Å². The van der Waals surface area contributed by atoms with Crippen LogP contribution in [0.1, 0.15) is 6.92 Å². The van der Waals surface area contributed by atoms with Crippen molar-refractivity contribution in [3.63, 3.8) is 0 Å². The first-order valence-corrected chi connectivity index (χ1v) is 6.64. The normalized spacial score (nSPS) is 18.8. The molecule has 0 saturated carbocycles. The third-order valence-corrected chi connectivity index (χ3v) is 3.72. The number of nitrogens with zero attached hydrogens (tertiary/aromatic N) is 3. The summed E-state index contributed by atoms with van der Waals surface area (Å²) in [7, 11) is 0. The molecule has 0 aromatic heterocycles. The highest BCUT2D eigenvalue weighted by Gasteiger charge is 2.20. The molecule has 4 heteroatoms. The maximum absolute atomic E-state index is 8.89. The van der Waals surface area contributed by atoms with Gasteiger partial charge in [-0.2, -0.15) is 5.26 Å². The van der Waals surface area contributed by atoms with Crippen molar-refractivity contribution in [3.05, 3.63) is 28.7 Å². The quantitative estimate of drug-likeness (QED) is 0.839. The Morgan fingerprint density at radius 3 is 2.59 bits per heavy atom. The van der Waals surface area contributed by atoms with Gasteiger partial charge in [0.1, 0.15) is 0 Å². The largest absolute Gasteiger partial charge is 0.369 e. The van der Waals surface area contributed by atoms with Crippen LogP contribution in [-0.4, -0.2) is 37.1 Å². The van der Waals surface area contributed by atoms with Crippen LogP contribution in [0.5, 0.6) is 0 Å². The minimum Gasteiger partial charge on any atom is -0.369 e. The van der Waals surface area contributed by atoms with Crippen molar-refractivity contribution in [1.82, 2.24) is 4.90 Å². The van der Waals surface area contributed by atoms with Gasteiger partial charge in [-0.05, 0) is 25.1 Å². The highest BCUT2D eigenvalue weighted by atomic mass is 79.9. The van der Waals surface area contributed by atoms with E-state index in [1.165, 1.54) is 5.69 Å². The Balaban J connectivity index is 1.98. The monoisotopic (exact) mass is 293 g/mol. The summed E-state index contributed by atoms with van der Waals surface area (Å²) in [5, 5.41) is 8.89. The van der Waals surface area contributed by atoms with E-state index in [-0.39, 0.29) is 6.04 Å². The lowest BCUT2D eigenvalue weighted by Gasteiger charge is -2.37. The molecule has 1 aromatic rings. The molecule has 1 saturated heterocycles. The summed E-state index contributed by atoms with van der Waals surface area (Å²) in [6.07, 6.45) is 0. The molecule has 1 aliphatic heterocycles. The number of benzene rings is 1. The summed E-state index contributed by atoms with van der Waals surface area (Å²) in [6.45, 7) is 5.86. The zero-order valence-electron chi connectivity index (χ0n) is 9.93. The van der Waals surface area contributed by atoms with E-state index in [9.17, 15) is 0 Å². The van der Waals surface area contributed by atoms with Gasteiger partial charge < -0.3 is 4.90 Å². The number of piperazine rings is 1. The van der Waals surface area contributed by atoms with Gasteiger partial charge in [-0.25, -0.2) is 0 Å². The molecule has 0 radical (unpaired) electrons. The van der Waals surface area contributed by atoms with Gasteiger partial charge in [-0.15, -0.1) is 0 Å². The molecule has 1 fully saturated rings. The smallest absolute Gasteiger partial charge is 0.0950 e. The van der Waals surface area contributed by atoms with Gasteiger partial charge in [0.25, 0.3) is 0 Å². The summed E-state index contributed by atoms with van der Waals surface area (Å²) in [6, 6.07) is 10.7. The van der Waals surface area contributed by atoms with E-state index in [0.717, 1.165) is 30.7 Å². The second-order valence-electron chi connectivity index (χ2n) is 4.31. The number of hydrogen-bond acceptors (Lipinski definition) is 3. The highest BCUT2D eigenvalue weighted by molar-refractivity contribution is 9.10. The van der Waals surface area contributed by atoms with Crippen LogP contribution < -0.4 is 4.90 Å². The molecule has 0 aliphatic carbocycles. The fraction of sp³-hybridized carbons (Fsp3) is 0.462. The Bertz CT molecular complexity index is 419. The standard InChI is InChI=1S/C13H16BrN3/c1-11(10-15)16-5-7-17(8-6-16)13-4-2-3-12(14)9-13/h2-4,9,11H,5-8H2,1H3. The van der Waals surface area contributed by atoms with Crippen molar-refractivity contribution in [1.29, 1.82) is 5.26 Å². The summed E-state index contributed by atoms with van der Waals surface area (Å²) in [4.78, 5) is 4.60. The van der Waals surface area contributed by atoms with E-state index in [0.29, 0.717) is 0 Å². The second kappa shape index (κ2) is 5.52. The Morgan fingerprint density at radius 1 is 1.29 bits per heavy atom. The highest BCUT2D eigenvalue weighted by Crippen LogP contribution is 2.21. The molecular formula is C13H16BrN3. The third-order valence-electron chi connectivity index (χ3n) is 3.22. The van der Waals surface area contributed by atoms with Crippen LogP contribution >= 0.6 is 15.9 Å². The molecule has 0 N–H and O–H groups in total. The van der Waals surface area contributed by atoms with Crippen molar-refractivity contribution < 1.29 is 0 Å². The fourth-order valence-electron chi connectivity index (χ4n) is 2.12. The van der Waals surface area contributed by atoms with Crippen molar-refractivity contribution in [2.45, 2.75) is 13.0 Å². The number of anilines is 1. The maximum atomic E-state index is 8.89. The molecule has 0 bridgehead atoms. The van der Waals surface area contributed by atoms with Crippen molar-refractivity contribution in [2.24, 2.45) is 0 Å². The van der Waals surface area contributed by atoms with Crippen molar-refractivity contribution >= 4 is 21.6 Å². The van der Waals surface area contributed by atoms with Crippen LogP contribution in [0.4, 0.5) is 5.69 Å². The molecule has 90 valence electrons.